The smallest absolute Gasteiger partial charge is 0.221 e. The molecular formula is C11H13NOS. The van der Waals surface area contributed by atoms with Crippen LogP contribution in [0.5, 0.6) is 0 Å². The van der Waals surface area contributed by atoms with Gasteiger partial charge in [-0.3, -0.25) is 4.79 Å². The van der Waals surface area contributed by atoms with Gasteiger partial charge < -0.3 is 5.73 Å². The number of hydrogen-bond acceptors (Lipinski definition) is 2. The first-order chi connectivity index (χ1) is 6.63. The third-order valence-electron chi connectivity index (χ3n) is 1.89. The van der Waals surface area contributed by atoms with Gasteiger partial charge in [0.1, 0.15) is 0 Å². The van der Waals surface area contributed by atoms with Crippen LogP contribution in [0.1, 0.15) is 12.0 Å². The monoisotopic (exact) mass is 207 g/mol. The molecule has 1 aromatic carbocycles. The van der Waals surface area contributed by atoms with Crippen molar-refractivity contribution in [3.05, 3.63) is 36.4 Å². The maximum Gasteiger partial charge on any atom is 0.221 e. The van der Waals surface area contributed by atoms with Crippen molar-refractivity contribution < 1.29 is 4.79 Å². The van der Waals surface area contributed by atoms with Gasteiger partial charge in [-0.15, -0.1) is 11.8 Å². The number of carbonyl (C=O) groups excluding carboxylic acids is 1. The van der Waals surface area contributed by atoms with E-state index >= 15 is 0 Å². The van der Waals surface area contributed by atoms with E-state index in [1.165, 1.54) is 4.90 Å². The van der Waals surface area contributed by atoms with Crippen LogP contribution >= 0.6 is 11.8 Å². The number of primary amides is 1. The predicted molar refractivity (Wildman–Crippen MR) is 61.1 cm³/mol. The molecule has 0 saturated heterocycles. The van der Waals surface area contributed by atoms with Crippen molar-refractivity contribution >= 4 is 23.2 Å². The number of carbonyl (C=O) groups is 1. The van der Waals surface area contributed by atoms with E-state index in [1.807, 2.05) is 30.5 Å². The van der Waals surface area contributed by atoms with Crippen LogP contribution in [0.4, 0.5) is 0 Å². The number of rotatable bonds is 4. The lowest BCUT2D eigenvalue weighted by molar-refractivity contribution is -0.117. The molecule has 0 saturated carbocycles. The minimum Gasteiger partial charge on any atom is -0.369 e. The molecule has 0 bridgehead atoms. The maximum atomic E-state index is 10.7. The second kappa shape index (κ2) is 4.86. The van der Waals surface area contributed by atoms with Crippen LogP contribution in [0.25, 0.3) is 5.57 Å². The van der Waals surface area contributed by atoms with Crippen LogP contribution in [0.2, 0.25) is 0 Å². The summed E-state index contributed by atoms with van der Waals surface area (Å²) in [6, 6.07) is 7.92. The summed E-state index contributed by atoms with van der Waals surface area (Å²) in [5.41, 5.74) is 6.83. The molecule has 14 heavy (non-hydrogen) atoms. The van der Waals surface area contributed by atoms with Gasteiger partial charge >= 0.3 is 0 Å². The number of nitrogens with two attached hydrogens (primary N) is 1. The second-order valence-corrected chi connectivity index (χ2v) is 3.85. The summed E-state index contributed by atoms with van der Waals surface area (Å²) in [5, 5.41) is 0. The average molecular weight is 207 g/mol. The van der Waals surface area contributed by atoms with Crippen molar-refractivity contribution in [3.8, 4) is 0 Å². The summed E-state index contributed by atoms with van der Waals surface area (Å²) in [6.07, 6.45) is 2.24. The maximum absolute atomic E-state index is 10.7. The minimum atomic E-state index is -0.344. The van der Waals surface area contributed by atoms with E-state index in [2.05, 4.69) is 6.58 Å². The number of benzene rings is 1. The van der Waals surface area contributed by atoms with Crippen molar-refractivity contribution in [2.24, 2.45) is 5.73 Å². The number of thioether (sulfide) groups is 1. The molecule has 1 amide bonds. The molecular weight excluding hydrogens is 194 g/mol. The third-order valence-corrected chi connectivity index (χ3v) is 2.63. The molecule has 0 atom stereocenters. The van der Waals surface area contributed by atoms with Gasteiger partial charge in [-0.2, -0.15) is 0 Å². The SMILES string of the molecule is C=C(CC(N)=O)c1ccc(SC)cc1. The van der Waals surface area contributed by atoms with Crippen LogP contribution in [0.3, 0.4) is 0 Å². The Labute approximate surface area is 88.2 Å². The van der Waals surface area contributed by atoms with Gasteiger partial charge in [0, 0.05) is 4.90 Å². The van der Waals surface area contributed by atoms with Crippen LogP contribution in [-0.4, -0.2) is 12.2 Å². The van der Waals surface area contributed by atoms with E-state index in [0.29, 0.717) is 0 Å². The molecule has 0 aliphatic heterocycles. The summed E-state index contributed by atoms with van der Waals surface area (Å²) < 4.78 is 0. The molecule has 3 heteroatoms. The first-order valence-electron chi connectivity index (χ1n) is 4.24. The van der Waals surface area contributed by atoms with E-state index < -0.39 is 0 Å². The van der Waals surface area contributed by atoms with Gasteiger partial charge in [0.15, 0.2) is 0 Å². The van der Waals surface area contributed by atoms with Crippen LogP contribution in [-0.2, 0) is 4.79 Å². The standard InChI is InChI=1S/C11H13NOS/c1-8(7-11(12)13)9-3-5-10(14-2)6-4-9/h3-6H,1,7H2,2H3,(H2,12,13). The fraction of sp³-hybridized carbons (Fsp3) is 0.182. The van der Waals surface area contributed by atoms with Gasteiger partial charge in [0.05, 0.1) is 6.42 Å². The summed E-state index contributed by atoms with van der Waals surface area (Å²) in [4.78, 5) is 11.9. The zero-order valence-corrected chi connectivity index (χ0v) is 8.93. The molecule has 0 radical (unpaired) electrons. The van der Waals surface area contributed by atoms with Crippen LogP contribution in [0.15, 0.2) is 35.7 Å². The normalized spacial score (nSPS) is 9.79. The van der Waals surface area contributed by atoms with Gasteiger partial charge in [0.25, 0.3) is 0 Å². The van der Waals surface area contributed by atoms with Crippen LogP contribution in [0, 0.1) is 0 Å². The second-order valence-electron chi connectivity index (χ2n) is 2.98. The van der Waals surface area contributed by atoms with Gasteiger partial charge in [-0.25, -0.2) is 0 Å². The highest BCUT2D eigenvalue weighted by molar-refractivity contribution is 7.98. The highest BCUT2D eigenvalue weighted by Crippen LogP contribution is 2.20. The van der Waals surface area contributed by atoms with E-state index in [1.54, 1.807) is 11.8 Å². The largest absolute Gasteiger partial charge is 0.369 e. The molecule has 74 valence electrons. The first-order valence-corrected chi connectivity index (χ1v) is 5.46. The molecule has 0 fully saturated rings. The number of amides is 1. The highest BCUT2D eigenvalue weighted by atomic mass is 32.2. The molecule has 1 aromatic rings. The Hall–Kier alpha value is -1.22. The molecule has 1 rings (SSSR count). The first kappa shape index (κ1) is 10.9. The van der Waals surface area contributed by atoms with Crippen molar-refractivity contribution in [2.45, 2.75) is 11.3 Å². The van der Waals surface area contributed by atoms with Gasteiger partial charge in [-0.05, 0) is 29.5 Å². The zero-order chi connectivity index (χ0) is 10.6. The Balaban J connectivity index is 2.76. The van der Waals surface area contributed by atoms with Crippen molar-refractivity contribution in [2.75, 3.05) is 6.26 Å². The Morgan fingerprint density at radius 1 is 1.43 bits per heavy atom. The molecule has 0 aliphatic rings. The zero-order valence-electron chi connectivity index (χ0n) is 8.12. The van der Waals surface area contributed by atoms with E-state index in [0.717, 1.165) is 11.1 Å². The summed E-state index contributed by atoms with van der Waals surface area (Å²) in [7, 11) is 0. The Bertz CT molecular complexity index is 343. The van der Waals surface area contributed by atoms with Crippen molar-refractivity contribution in [3.63, 3.8) is 0 Å². The topological polar surface area (TPSA) is 43.1 Å². The fourth-order valence-corrected chi connectivity index (χ4v) is 1.55. The van der Waals surface area contributed by atoms with Crippen LogP contribution < -0.4 is 5.73 Å². The van der Waals surface area contributed by atoms with Crippen molar-refractivity contribution in [1.82, 2.24) is 0 Å². The lowest BCUT2D eigenvalue weighted by atomic mass is 10.0. The Morgan fingerprint density at radius 2 is 2.00 bits per heavy atom. The third kappa shape index (κ3) is 2.92. The Morgan fingerprint density at radius 3 is 2.43 bits per heavy atom. The highest BCUT2D eigenvalue weighted by Gasteiger charge is 2.02. The molecule has 0 aliphatic carbocycles. The molecule has 0 aromatic heterocycles. The van der Waals surface area contributed by atoms with Gasteiger partial charge in [-0.1, -0.05) is 18.7 Å². The quantitative estimate of drug-likeness (QED) is 0.770. The van der Waals surface area contributed by atoms with Crippen molar-refractivity contribution in [1.29, 1.82) is 0 Å². The summed E-state index contributed by atoms with van der Waals surface area (Å²) in [6.45, 7) is 3.81. The number of hydrogen-bond donors (Lipinski definition) is 1. The lowest BCUT2D eigenvalue weighted by Gasteiger charge is -2.03. The molecule has 0 unspecified atom stereocenters. The predicted octanol–water partition coefficient (Wildman–Crippen LogP) is 2.30. The molecule has 0 spiro atoms. The molecule has 2 N–H and O–H groups in total. The van der Waals surface area contributed by atoms with E-state index in [4.69, 9.17) is 5.73 Å². The Kier molecular flexibility index (Phi) is 3.77. The fourth-order valence-electron chi connectivity index (χ4n) is 1.14. The molecule has 2 nitrogen and oxygen atoms in total. The van der Waals surface area contributed by atoms with Gasteiger partial charge in [0.2, 0.25) is 5.91 Å². The summed E-state index contributed by atoms with van der Waals surface area (Å²) in [5.74, 6) is -0.344. The molecule has 0 heterocycles. The summed E-state index contributed by atoms with van der Waals surface area (Å²) >= 11 is 1.68. The van der Waals surface area contributed by atoms with E-state index in [9.17, 15) is 4.79 Å². The van der Waals surface area contributed by atoms with E-state index in [-0.39, 0.29) is 12.3 Å². The lowest BCUT2D eigenvalue weighted by Crippen LogP contribution is -2.10. The minimum absolute atomic E-state index is 0.221. The average Bonchev–Trinajstić information content (AvgIpc) is 2.17.